The van der Waals surface area contributed by atoms with Crippen LogP contribution in [0, 0.1) is 47.3 Å². The van der Waals surface area contributed by atoms with E-state index < -0.39 is 0 Å². The van der Waals surface area contributed by atoms with Crippen molar-refractivity contribution in [2.24, 2.45) is 47.3 Å². The summed E-state index contributed by atoms with van der Waals surface area (Å²) in [6.07, 6.45) is 14.3. The van der Waals surface area contributed by atoms with Crippen molar-refractivity contribution >= 4 is 77.2 Å². The number of rotatable bonds is 10. The second-order valence-corrected chi connectivity index (χ2v) is 34.0. The first kappa shape index (κ1) is 64.2. The third-order valence-electron chi connectivity index (χ3n) is 28.4. The number of fused-ring (bicyclic) bond motifs is 10. The molecule has 0 aliphatic heterocycles. The topological polar surface area (TPSA) is 6.48 Å². The monoisotopic (exact) mass is 1410 g/mol. The zero-order chi connectivity index (χ0) is 72.2. The summed E-state index contributed by atoms with van der Waals surface area (Å²) in [6.45, 7) is 0. The summed E-state index contributed by atoms with van der Waals surface area (Å²) in [4.78, 5) is 4.80. The fraction of sp³-hybridized carbons (Fsp3) is 0.185. The SMILES string of the molecule is c1ccc2c(c1)-c1cc(-c3ccc(N(c4ccc(-c5ccc6ccccc6c5)cc4)c4ccc5ccccc5c4)cc3)ccc1C21C2CC3CC(C2)CC1C3.c1ccc2c(c1)-c1cc(-c3ccc(N(c4ccc(-c5cccc6ccccc56)cc4)c4ccc5ccccc5c4)cc3)ccc1C21C2CC3CC(C2)CC1C3. The zero-order valence-corrected chi connectivity index (χ0v) is 62.1. The summed E-state index contributed by atoms with van der Waals surface area (Å²) in [6, 6.07) is 132. The molecule has 110 heavy (non-hydrogen) atoms. The third kappa shape index (κ3) is 10.1. The lowest BCUT2D eigenvalue weighted by molar-refractivity contribution is -0.0399. The van der Waals surface area contributed by atoms with Crippen molar-refractivity contribution in [1.82, 2.24) is 0 Å². The average molecular weight is 1410 g/mol. The molecule has 8 fully saturated rings. The first-order valence-corrected chi connectivity index (χ1v) is 40.8. The van der Waals surface area contributed by atoms with Crippen molar-refractivity contribution in [3.63, 3.8) is 0 Å². The van der Waals surface area contributed by atoms with Gasteiger partial charge in [0.15, 0.2) is 0 Å². The molecule has 8 saturated carbocycles. The number of anilines is 6. The molecule has 10 aliphatic rings. The van der Waals surface area contributed by atoms with Crippen molar-refractivity contribution in [2.75, 3.05) is 9.80 Å². The molecule has 8 bridgehead atoms. The van der Waals surface area contributed by atoms with Crippen LogP contribution in [0.25, 0.3) is 110 Å². The molecule has 2 nitrogen and oxygen atoms in total. The Hall–Kier alpha value is -11.8. The highest BCUT2D eigenvalue weighted by Gasteiger charge is 2.63. The van der Waals surface area contributed by atoms with Crippen LogP contribution in [-0.4, -0.2) is 0 Å². The molecule has 2 spiro atoms. The lowest BCUT2D eigenvalue weighted by Crippen LogP contribution is -2.55. The van der Waals surface area contributed by atoms with Gasteiger partial charge in [-0.3, -0.25) is 0 Å². The van der Waals surface area contributed by atoms with Gasteiger partial charge in [-0.15, -0.1) is 0 Å². The molecule has 0 atom stereocenters. The van der Waals surface area contributed by atoms with Crippen LogP contribution in [0.2, 0.25) is 0 Å². The minimum Gasteiger partial charge on any atom is -0.310 e. The Balaban J connectivity index is 0.000000132. The fourth-order valence-electron chi connectivity index (χ4n) is 24.2. The van der Waals surface area contributed by atoms with E-state index in [0.29, 0.717) is 0 Å². The van der Waals surface area contributed by atoms with Crippen LogP contribution in [0.15, 0.2) is 352 Å². The van der Waals surface area contributed by atoms with E-state index in [1.54, 1.807) is 22.3 Å². The lowest BCUT2D eigenvalue weighted by atomic mass is 9.43. The molecule has 528 valence electrons. The summed E-state index contributed by atoms with van der Waals surface area (Å²) >= 11 is 0. The Morgan fingerprint density at radius 1 is 0.182 bits per heavy atom. The maximum Gasteiger partial charge on any atom is 0.0468 e. The highest BCUT2D eigenvalue weighted by Crippen LogP contribution is 2.71. The molecule has 16 aromatic rings. The molecule has 0 heterocycles. The van der Waals surface area contributed by atoms with Gasteiger partial charge < -0.3 is 9.80 Å². The smallest absolute Gasteiger partial charge is 0.0468 e. The van der Waals surface area contributed by atoms with Gasteiger partial charge in [0.1, 0.15) is 0 Å². The van der Waals surface area contributed by atoms with Crippen LogP contribution in [0.3, 0.4) is 0 Å². The van der Waals surface area contributed by atoms with Crippen LogP contribution in [-0.2, 0) is 10.8 Å². The second kappa shape index (κ2) is 25.4. The van der Waals surface area contributed by atoms with Crippen molar-refractivity contribution in [2.45, 2.75) is 75.0 Å². The van der Waals surface area contributed by atoms with Crippen molar-refractivity contribution < 1.29 is 0 Å². The first-order valence-electron chi connectivity index (χ1n) is 40.8. The van der Waals surface area contributed by atoms with E-state index in [2.05, 4.69) is 362 Å². The van der Waals surface area contributed by atoms with Crippen LogP contribution in [0.4, 0.5) is 34.1 Å². The number of hydrogen-bond acceptors (Lipinski definition) is 2. The van der Waals surface area contributed by atoms with Gasteiger partial charge in [0.05, 0.1) is 0 Å². The van der Waals surface area contributed by atoms with E-state index in [0.717, 1.165) is 81.5 Å². The third-order valence-corrected chi connectivity index (χ3v) is 28.4. The fourth-order valence-corrected chi connectivity index (χ4v) is 24.2. The largest absolute Gasteiger partial charge is 0.310 e. The predicted molar refractivity (Wildman–Crippen MR) is 461 cm³/mol. The summed E-state index contributed by atoms with van der Waals surface area (Å²) in [5.74, 6) is 6.99. The highest BCUT2D eigenvalue weighted by molar-refractivity contribution is 5.98. The van der Waals surface area contributed by atoms with E-state index in [-0.39, 0.29) is 10.8 Å². The van der Waals surface area contributed by atoms with E-state index in [1.165, 1.54) is 174 Å². The molecule has 0 amide bonds. The lowest BCUT2D eigenvalue weighted by Gasteiger charge is -2.61. The molecule has 16 aromatic carbocycles. The Kier molecular flexibility index (Phi) is 14.8. The van der Waals surface area contributed by atoms with E-state index in [1.807, 2.05) is 0 Å². The molecular weight excluding hydrogens is 1330 g/mol. The zero-order valence-electron chi connectivity index (χ0n) is 62.1. The number of hydrogen-bond donors (Lipinski definition) is 0. The number of benzene rings is 16. The molecule has 10 aliphatic carbocycles. The van der Waals surface area contributed by atoms with Crippen LogP contribution in [0.1, 0.15) is 86.5 Å². The van der Waals surface area contributed by atoms with Crippen molar-refractivity contribution in [1.29, 1.82) is 0 Å². The van der Waals surface area contributed by atoms with Crippen molar-refractivity contribution in [3.05, 3.63) is 374 Å². The quantitative estimate of drug-likeness (QED) is 0.135. The summed E-state index contributed by atoms with van der Waals surface area (Å²) in [7, 11) is 0. The van der Waals surface area contributed by atoms with Gasteiger partial charge in [0, 0.05) is 45.0 Å². The van der Waals surface area contributed by atoms with Crippen LogP contribution >= 0.6 is 0 Å². The molecule has 0 saturated heterocycles. The molecular formula is C108H86N2. The van der Waals surface area contributed by atoms with E-state index in [9.17, 15) is 0 Å². The van der Waals surface area contributed by atoms with E-state index in [4.69, 9.17) is 0 Å². The standard InChI is InChI=1S/2C54H43N/c1-3-9-41-32-43(14-13-37(41)7-1)39-15-21-47(22-16-39)55(49-25-19-38-8-2-4-10-42(38)33-49)48-23-17-40(18-24-48)44-20-26-53-51(34-44)50-11-5-6-12-52(50)54(53)45-28-35-27-36(30-45)31-46(54)29-35;1-2-10-41-33-47(26-18-37(41)8-1)55(46-24-19-40(20-25-46)49-14-7-11-39-9-3-4-12-48(39)49)45-22-16-38(17-23-45)42-21-27-53-51(34-42)50-13-5-6-15-52(50)54(53)43-29-35-28-36(31-43)32-44(54)30-35/h1-26,32-36,45-46H,27-31H2;1-27,33-36,43-44H,28-32H2. The normalized spacial score (nSPS) is 23.0. The Morgan fingerprint density at radius 2 is 0.473 bits per heavy atom. The molecule has 0 N–H and O–H groups in total. The Labute approximate surface area is 646 Å². The minimum atomic E-state index is 0.214. The Bertz CT molecular complexity index is 6250. The van der Waals surface area contributed by atoms with Gasteiger partial charge in [0.25, 0.3) is 0 Å². The summed E-state index contributed by atoms with van der Waals surface area (Å²) in [5, 5.41) is 10.1. The minimum absolute atomic E-state index is 0.214. The number of nitrogens with zero attached hydrogens (tertiary/aromatic N) is 2. The van der Waals surface area contributed by atoms with Gasteiger partial charge in [-0.05, 0) is 335 Å². The summed E-state index contributed by atoms with van der Waals surface area (Å²) < 4.78 is 0. The highest BCUT2D eigenvalue weighted by atomic mass is 15.1. The predicted octanol–water partition coefficient (Wildman–Crippen LogP) is 29.0. The maximum absolute atomic E-state index is 2.54. The maximum atomic E-state index is 2.54. The van der Waals surface area contributed by atoms with Gasteiger partial charge in [-0.25, -0.2) is 0 Å². The van der Waals surface area contributed by atoms with E-state index >= 15 is 0 Å². The molecule has 0 radical (unpaired) electrons. The molecule has 2 heteroatoms. The van der Waals surface area contributed by atoms with Gasteiger partial charge >= 0.3 is 0 Å². The van der Waals surface area contributed by atoms with Gasteiger partial charge in [-0.2, -0.15) is 0 Å². The Morgan fingerprint density at radius 3 is 0.900 bits per heavy atom. The van der Waals surface area contributed by atoms with Gasteiger partial charge in [-0.1, -0.05) is 261 Å². The molecule has 26 rings (SSSR count). The van der Waals surface area contributed by atoms with Gasteiger partial charge in [0.2, 0.25) is 0 Å². The van der Waals surface area contributed by atoms with Crippen LogP contribution in [0.5, 0.6) is 0 Å². The molecule has 0 aromatic heterocycles. The average Bonchev–Trinajstić information content (AvgIpc) is 1.52. The summed E-state index contributed by atoms with van der Waals surface area (Å²) in [5.41, 5.74) is 29.8. The van der Waals surface area contributed by atoms with Crippen molar-refractivity contribution in [3.8, 4) is 66.8 Å². The van der Waals surface area contributed by atoms with Crippen LogP contribution < -0.4 is 9.80 Å². The first-order chi connectivity index (χ1) is 54.4. The molecule has 0 unspecified atom stereocenters. The second-order valence-electron chi connectivity index (χ2n) is 34.0.